The Bertz CT molecular complexity index is 2780. The van der Waals surface area contributed by atoms with Crippen molar-refractivity contribution < 1.29 is 4.42 Å². The average Bonchev–Trinajstić information content (AvgIpc) is 3.90. The van der Waals surface area contributed by atoms with Crippen molar-refractivity contribution in [3.8, 4) is 0 Å². The molecule has 4 heterocycles. The Hall–Kier alpha value is -6.83. The molecule has 0 fully saturated rings. The van der Waals surface area contributed by atoms with Crippen LogP contribution in [0.5, 0.6) is 0 Å². The van der Waals surface area contributed by atoms with E-state index in [0.29, 0.717) is 0 Å². The molecule has 2 aliphatic rings. The van der Waals surface area contributed by atoms with Crippen LogP contribution in [0, 0.1) is 0 Å². The molecule has 0 saturated carbocycles. The van der Waals surface area contributed by atoms with Gasteiger partial charge in [-0.3, -0.25) is 4.98 Å². The van der Waals surface area contributed by atoms with Gasteiger partial charge in [0.1, 0.15) is 5.58 Å². The molecule has 0 unspecified atom stereocenters. The largest absolute Gasteiger partial charge is 0.519 e. The van der Waals surface area contributed by atoms with Gasteiger partial charge in [-0.05, 0) is 76.2 Å². The molecule has 0 aliphatic carbocycles. The first-order valence-corrected chi connectivity index (χ1v) is 20.4. The number of anilines is 6. The molecule has 0 radical (unpaired) electrons. The molecule has 254 valence electrons. The first kappa shape index (κ1) is 30.8. The number of hydrogen-bond donors (Lipinski definition) is 0. The molecule has 5 nitrogen and oxygen atoms in total. The number of nitrogens with zero attached hydrogens (tertiary/aromatic N) is 4. The van der Waals surface area contributed by atoms with Gasteiger partial charge in [0, 0.05) is 28.3 Å². The van der Waals surface area contributed by atoms with Gasteiger partial charge in [-0.1, -0.05) is 133 Å². The van der Waals surface area contributed by atoms with Crippen LogP contribution in [0.25, 0.3) is 21.9 Å². The van der Waals surface area contributed by atoms with Gasteiger partial charge in [0.2, 0.25) is 8.07 Å². The number of aromatic nitrogens is 1. The summed E-state index contributed by atoms with van der Waals surface area (Å²) in [5, 5.41) is 6.91. The van der Waals surface area contributed by atoms with Crippen molar-refractivity contribution in [2.45, 2.75) is 0 Å². The molecule has 7 aromatic carbocycles. The Morgan fingerprint density at radius 1 is 0.426 bits per heavy atom. The molecule has 0 N–H and O–H groups in total. The lowest BCUT2D eigenvalue weighted by Gasteiger charge is -2.35. The normalized spacial score (nSPS) is 13.4. The van der Waals surface area contributed by atoms with Gasteiger partial charge >= 0.3 is 7.12 Å². The third-order valence-corrected chi connectivity index (χ3v) is 15.8. The molecule has 7 heteroatoms. The van der Waals surface area contributed by atoms with Crippen molar-refractivity contribution in [1.82, 2.24) is 4.98 Å². The van der Waals surface area contributed by atoms with Gasteiger partial charge in [-0.25, -0.2) is 0 Å². The lowest BCUT2D eigenvalue weighted by Crippen LogP contribution is -2.75. The van der Waals surface area contributed by atoms with Crippen LogP contribution in [-0.4, -0.2) is 20.2 Å². The fraction of sp³-hybridized carbons (Fsp3) is 0. The van der Waals surface area contributed by atoms with E-state index in [0.717, 1.165) is 38.6 Å². The predicted octanol–water partition coefficient (Wildman–Crippen LogP) is 8.78. The molecule has 0 atom stereocenters. The molecule has 54 heavy (non-hydrogen) atoms. The molecule has 11 rings (SSSR count). The van der Waals surface area contributed by atoms with Crippen LogP contribution in [0.4, 0.5) is 34.1 Å². The van der Waals surface area contributed by atoms with Gasteiger partial charge < -0.3 is 18.8 Å². The van der Waals surface area contributed by atoms with Crippen molar-refractivity contribution in [1.29, 1.82) is 0 Å². The molecule has 2 aromatic heterocycles. The van der Waals surface area contributed by atoms with Crippen LogP contribution >= 0.6 is 0 Å². The molecule has 0 spiro atoms. The first-order valence-electron chi connectivity index (χ1n) is 18.4. The maximum Gasteiger partial charge on any atom is 0.519 e. The van der Waals surface area contributed by atoms with Crippen molar-refractivity contribution in [2.75, 3.05) is 14.4 Å². The molecule has 0 saturated heterocycles. The third kappa shape index (κ3) is 4.36. The van der Waals surface area contributed by atoms with Gasteiger partial charge in [-0.15, -0.1) is 0 Å². The second kappa shape index (κ2) is 12.1. The fourth-order valence-electron chi connectivity index (χ4n) is 8.94. The number of pyridine rings is 1. The minimum Gasteiger partial charge on any atom is -0.455 e. The van der Waals surface area contributed by atoms with E-state index < -0.39 is 8.07 Å². The van der Waals surface area contributed by atoms with E-state index >= 15 is 0 Å². The monoisotopic (exact) mass is 708 g/mol. The fourth-order valence-corrected chi connectivity index (χ4v) is 13.7. The molecule has 9 aromatic rings. The van der Waals surface area contributed by atoms with E-state index in [2.05, 4.69) is 202 Å². The van der Waals surface area contributed by atoms with E-state index in [-0.39, 0.29) is 7.12 Å². The van der Waals surface area contributed by atoms with Crippen LogP contribution in [0.15, 0.2) is 205 Å². The highest BCUT2D eigenvalue weighted by molar-refractivity contribution is 7.20. The summed E-state index contributed by atoms with van der Waals surface area (Å²) in [5.41, 5.74) is 8.70. The second-order valence-corrected chi connectivity index (χ2v) is 17.6. The number of rotatable bonds is 6. The maximum atomic E-state index is 6.83. The zero-order valence-corrected chi connectivity index (χ0v) is 30.3. The highest BCUT2D eigenvalue weighted by atomic mass is 28.3. The van der Waals surface area contributed by atoms with Crippen LogP contribution in [0.2, 0.25) is 0 Å². The SMILES string of the molecule is c1ccc(N2B3N(c4cccc([Si](c5ccccc5)(c5ccccc5)c5nccc6c5oc5ccccc56)c4)c4ccccc4N3c3ccccc32)cc1. The predicted molar refractivity (Wildman–Crippen MR) is 227 cm³/mol. The molecular formula is C47H33BN4OSi. The number of fused-ring (bicyclic) bond motifs is 8. The Morgan fingerprint density at radius 2 is 0.926 bits per heavy atom. The van der Waals surface area contributed by atoms with Gasteiger partial charge in [0.05, 0.1) is 28.1 Å². The quantitative estimate of drug-likeness (QED) is 0.128. The number of benzene rings is 7. The summed E-state index contributed by atoms with van der Waals surface area (Å²) in [6.07, 6.45) is 1.97. The highest BCUT2D eigenvalue weighted by Gasteiger charge is 2.54. The third-order valence-electron chi connectivity index (χ3n) is 11.1. The van der Waals surface area contributed by atoms with Crippen LogP contribution in [0.1, 0.15) is 0 Å². The van der Waals surface area contributed by atoms with Gasteiger partial charge in [0.25, 0.3) is 0 Å². The van der Waals surface area contributed by atoms with E-state index in [1.54, 1.807) is 0 Å². The van der Waals surface area contributed by atoms with Crippen molar-refractivity contribution in [3.63, 3.8) is 0 Å². The number of para-hydroxylation sites is 6. The van der Waals surface area contributed by atoms with E-state index in [4.69, 9.17) is 9.40 Å². The highest BCUT2D eigenvalue weighted by Crippen LogP contribution is 2.55. The zero-order chi connectivity index (χ0) is 35.6. The zero-order valence-electron chi connectivity index (χ0n) is 29.3. The van der Waals surface area contributed by atoms with Crippen molar-refractivity contribution >= 4 is 92.1 Å². The minimum absolute atomic E-state index is 0.154. The molecular weight excluding hydrogens is 675 g/mol. The summed E-state index contributed by atoms with van der Waals surface area (Å²) in [5.74, 6) is 0. The summed E-state index contributed by atoms with van der Waals surface area (Å²) < 4.78 is 6.83. The summed E-state index contributed by atoms with van der Waals surface area (Å²) in [6.45, 7) is 0. The molecule has 0 bridgehead atoms. The lowest BCUT2D eigenvalue weighted by molar-refractivity contribution is 0.670. The summed E-state index contributed by atoms with van der Waals surface area (Å²) in [7, 11) is -3.29. The Balaban J connectivity index is 1.20. The average molecular weight is 709 g/mol. The Labute approximate surface area is 315 Å². The van der Waals surface area contributed by atoms with Crippen LogP contribution in [0.3, 0.4) is 0 Å². The van der Waals surface area contributed by atoms with Crippen LogP contribution < -0.4 is 35.3 Å². The standard InChI is InChI=1S/C47H33BN4OSi/c1-4-17-34(18-5-1)50-41-26-11-13-28-43(41)52-44-29-14-12-27-42(44)51(48(50)52)35-19-16-24-38(33-35)54(36-20-6-2-7-21-36,37-22-8-3-9-23-37)47-46-40(31-32-49-47)39-25-10-15-30-45(39)53-46/h1-33H. The molecule has 2 aliphatic heterocycles. The number of hydrogen-bond acceptors (Lipinski definition) is 5. The first-order chi connectivity index (χ1) is 26.8. The van der Waals surface area contributed by atoms with E-state index in [9.17, 15) is 0 Å². The summed E-state index contributed by atoms with van der Waals surface area (Å²) in [6, 6.07) is 69.9. The lowest BCUT2D eigenvalue weighted by atomic mass is 9.86. The minimum atomic E-state index is -3.14. The summed E-state index contributed by atoms with van der Waals surface area (Å²) >= 11 is 0. The second-order valence-electron chi connectivity index (χ2n) is 13.9. The smallest absolute Gasteiger partial charge is 0.455 e. The maximum absolute atomic E-state index is 6.83. The Morgan fingerprint density at radius 3 is 1.57 bits per heavy atom. The van der Waals surface area contributed by atoms with E-state index in [1.807, 2.05) is 12.3 Å². The van der Waals surface area contributed by atoms with Gasteiger partial charge in [-0.2, -0.15) is 0 Å². The van der Waals surface area contributed by atoms with E-state index in [1.165, 1.54) is 38.3 Å². The van der Waals surface area contributed by atoms with Crippen LogP contribution in [-0.2, 0) is 0 Å². The van der Waals surface area contributed by atoms with Crippen molar-refractivity contribution in [3.05, 3.63) is 200 Å². The Kier molecular flexibility index (Phi) is 6.90. The van der Waals surface area contributed by atoms with Gasteiger partial charge in [0.15, 0.2) is 5.58 Å². The topological polar surface area (TPSA) is 35.8 Å². The van der Waals surface area contributed by atoms with Crippen molar-refractivity contribution in [2.24, 2.45) is 0 Å². The summed E-state index contributed by atoms with van der Waals surface area (Å²) in [4.78, 5) is 12.8. The molecule has 0 amide bonds. The number of furan rings is 1.